The molecule has 3 atom stereocenters. The first-order valence-corrected chi connectivity index (χ1v) is 10.6. The molecule has 0 aromatic heterocycles. The highest BCUT2D eigenvalue weighted by atomic mass is 35.5. The molecule has 0 radical (unpaired) electrons. The number of hydrogen-bond donors (Lipinski definition) is 0. The van der Waals surface area contributed by atoms with Gasteiger partial charge in [-0.3, -0.25) is 14.6 Å². The van der Waals surface area contributed by atoms with Gasteiger partial charge in [-0.1, -0.05) is 41.9 Å². The van der Waals surface area contributed by atoms with E-state index in [0.717, 1.165) is 16.8 Å². The zero-order chi connectivity index (χ0) is 22.1. The number of carbonyl (C=O) groups excluding carboxylic acids is 2. The summed E-state index contributed by atoms with van der Waals surface area (Å²) in [5.74, 6) is -0.909. The van der Waals surface area contributed by atoms with Crippen molar-refractivity contribution in [3.8, 4) is 5.75 Å². The van der Waals surface area contributed by atoms with Crippen LogP contribution in [-0.2, 0) is 14.3 Å². The van der Waals surface area contributed by atoms with E-state index in [4.69, 9.17) is 26.1 Å². The fourth-order valence-corrected chi connectivity index (χ4v) is 4.85. The Kier molecular flexibility index (Phi) is 5.96. The Bertz CT molecular complexity index is 1090. The quantitative estimate of drug-likeness (QED) is 0.624. The fraction of sp³-hybridized carbons (Fsp3) is 0.320. The van der Waals surface area contributed by atoms with E-state index < -0.39 is 17.8 Å². The molecule has 0 amide bonds. The highest BCUT2D eigenvalue weighted by molar-refractivity contribution is 6.30. The molecule has 0 spiro atoms. The van der Waals surface area contributed by atoms with Gasteiger partial charge in [-0.05, 0) is 43.0 Å². The number of methoxy groups -OCH3 is 2. The molecule has 5 nitrogen and oxygen atoms in total. The van der Waals surface area contributed by atoms with Crippen molar-refractivity contribution in [2.24, 2.45) is 10.9 Å². The van der Waals surface area contributed by atoms with Crippen LogP contribution >= 0.6 is 11.6 Å². The molecular weight excluding hydrogens is 414 g/mol. The maximum absolute atomic E-state index is 13.5. The molecule has 2 aromatic rings. The average Bonchev–Trinajstić information content (AvgIpc) is 2.78. The summed E-state index contributed by atoms with van der Waals surface area (Å²) >= 11 is 6.03. The number of halogens is 1. The first-order chi connectivity index (χ1) is 14.9. The largest absolute Gasteiger partial charge is 0.496 e. The lowest BCUT2D eigenvalue weighted by Crippen LogP contribution is -2.37. The Labute approximate surface area is 186 Å². The lowest BCUT2D eigenvalue weighted by atomic mass is 9.69. The Morgan fingerprint density at radius 3 is 2.45 bits per heavy atom. The molecule has 2 aliphatic rings. The first kappa shape index (κ1) is 21.3. The lowest BCUT2D eigenvalue weighted by molar-refractivity contribution is -0.143. The number of para-hydroxylation sites is 1. The van der Waals surface area contributed by atoms with Gasteiger partial charge in [0, 0.05) is 39.9 Å². The van der Waals surface area contributed by atoms with Gasteiger partial charge in [0.25, 0.3) is 0 Å². The van der Waals surface area contributed by atoms with Gasteiger partial charge in [0.1, 0.15) is 11.7 Å². The van der Waals surface area contributed by atoms with Crippen molar-refractivity contribution in [1.29, 1.82) is 0 Å². The monoisotopic (exact) mass is 437 g/mol. The Hall–Kier alpha value is -2.92. The Morgan fingerprint density at radius 2 is 1.77 bits per heavy atom. The number of benzene rings is 2. The van der Waals surface area contributed by atoms with E-state index in [0.29, 0.717) is 34.9 Å². The van der Waals surface area contributed by atoms with Crippen LogP contribution in [0.1, 0.15) is 42.7 Å². The van der Waals surface area contributed by atoms with Crippen molar-refractivity contribution in [3.05, 3.63) is 76.0 Å². The molecule has 6 heteroatoms. The van der Waals surface area contributed by atoms with Gasteiger partial charge in [0.2, 0.25) is 0 Å². The first-order valence-electron chi connectivity index (χ1n) is 10.2. The van der Waals surface area contributed by atoms with Crippen LogP contribution < -0.4 is 4.74 Å². The molecule has 0 bridgehead atoms. The number of allylic oxidation sites excluding steroid dienone is 2. The number of ketones is 1. The van der Waals surface area contributed by atoms with Gasteiger partial charge < -0.3 is 9.47 Å². The zero-order valence-electron chi connectivity index (χ0n) is 17.7. The van der Waals surface area contributed by atoms with Gasteiger partial charge in [-0.25, -0.2) is 0 Å². The molecule has 31 heavy (non-hydrogen) atoms. The topological polar surface area (TPSA) is 65.0 Å². The molecular formula is C25H24ClNO4. The molecule has 1 aliphatic carbocycles. The second-order valence-electron chi connectivity index (χ2n) is 7.91. The molecule has 1 heterocycles. The Balaban J connectivity index is 1.83. The van der Waals surface area contributed by atoms with Crippen LogP contribution in [0.25, 0.3) is 0 Å². The van der Waals surface area contributed by atoms with Crippen LogP contribution in [-0.4, -0.2) is 31.7 Å². The van der Waals surface area contributed by atoms with Crippen molar-refractivity contribution >= 4 is 29.1 Å². The lowest BCUT2D eigenvalue weighted by Gasteiger charge is -2.36. The molecule has 1 aliphatic heterocycles. The van der Waals surface area contributed by atoms with E-state index in [1.807, 2.05) is 55.5 Å². The number of Topliss-reactive ketones (excluding diaryl/α,β-unsaturated/α-hetero) is 1. The third-order valence-corrected chi connectivity index (χ3v) is 6.41. The number of hydrogen-bond acceptors (Lipinski definition) is 5. The predicted molar refractivity (Wildman–Crippen MR) is 120 cm³/mol. The van der Waals surface area contributed by atoms with E-state index in [9.17, 15) is 9.59 Å². The number of carbonyl (C=O) groups is 2. The number of rotatable bonds is 4. The second kappa shape index (κ2) is 8.67. The summed E-state index contributed by atoms with van der Waals surface area (Å²) in [4.78, 5) is 31.0. The van der Waals surface area contributed by atoms with Crippen LogP contribution in [0, 0.1) is 5.92 Å². The number of aliphatic imine (C=N–C) groups is 1. The molecule has 0 N–H and O–H groups in total. The normalized spacial score (nSPS) is 23.2. The predicted octanol–water partition coefficient (Wildman–Crippen LogP) is 5.10. The van der Waals surface area contributed by atoms with Crippen molar-refractivity contribution in [2.75, 3.05) is 14.2 Å². The van der Waals surface area contributed by atoms with Crippen LogP contribution in [0.5, 0.6) is 5.75 Å². The van der Waals surface area contributed by atoms with Crippen LogP contribution in [0.4, 0.5) is 0 Å². The summed E-state index contributed by atoms with van der Waals surface area (Å²) in [7, 11) is 2.95. The van der Waals surface area contributed by atoms with E-state index in [2.05, 4.69) is 0 Å². The van der Waals surface area contributed by atoms with Gasteiger partial charge in [0.15, 0.2) is 5.78 Å². The minimum absolute atomic E-state index is 0.00209. The molecule has 0 saturated carbocycles. The maximum Gasteiger partial charge on any atom is 0.315 e. The summed E-state index contributed by atoms with van der Waals surface area (Å²) in [5, 5.41) is 0.662. The summed E-state index contributed by atoms with van der Waals surface area (Å²) in [5.41, 5.74) is 3.83. The van der Waals surface area contributed by atoms with Crippen molar-refractivity contribution in [3.63, 3.8) is 0 Å². The van der Waals surface area contributed by atoms with E-state index in [-0.39, 0.29) is 11.7 Å². The third kappa shape index (κ3) is 3.90. The number of esters is 1. The number of ether oxygens (including phenoxy) is 2. The molecule has 160 valence electrons. The summed E-state index contributed by atoms with van der Waals surface area (Å²) in [6.07, 6.45) is 0.980. The highest BCUT2D eigenvalue weighted by Gasteiger charge is 2.45. The highest BCUT2D eigenvalue weighted by Crippen LogP contribution is 2.48. The third-order valence-electron chi connectivity index (χ3n) is 6.16. The standard InChI is InChI=1S/C25H24ClNO4/c1-14-22(25(29)31-3)23(18-6-4-5-7-21(18)30-2)24-19(27-14)12-16(13-20(24)28)15-8-10-17(26)11-9-15/h4-11,16,22-23H,12-13H2,1-3H3. The second-order valence-corrected chi connectivity index (χ2v) is 8.35. The SMILES string of the molecule is COC(=O)C1C(C)=NC2=C(C(=O)CC(c3ccc(Cl)cc3)C2)C1c1ccccc1OC. The smallest absolute Gasteiger partial charge is 0.315 e. The van der Waals surface area contributed by atoms with Gasteiger partial charge in [0.05, 0.1) is 14.2 Å². The van der Waals surface area contributed by atoms with Crippen molar-refractivity contribution in [1.82, 2.24) is 0 Å². The van der Waals surface area contributed by atoms with E-state index >= 15 is 0 Å². The van der Waals surface area contributed by atoms with Crippen LogP contribution in [0.2, 0.25) is 5.02 Å². The van der Waals surface area contributed by atoms with Gasteiger partial charge in [-0.15, -0.1) is 0 Å². The minimum Gasteiger partial charge on any atom is -0.496 e. The van der Waals surface area contributed by atoms with Crippen LogP contribution in [0.3, 0.4) is 0 Å². The summed E-state index contributed by atoms with van der Waals surface area (Å²) in [6, 6.07) is 15.1. The Morgan fingerprint density at radius 1 is 1.06 bits per heavy atom. The van der Waals surface area contributed by atoms with E-state index in [1.54, 1.807) is 7.11 Å². The number of nitrogens with zero attached hydrogens (tertiary/aromatic N) is 1. The van der Waals surface area contributed by atoms with Crippen LogP contribution in [0.15, 0.2) is 64.8 Å². The molecule has 0 fully saturated rings. The zero-order valence-corrected chi connectivity index (χ0v) is 18.5. The molecule has 3 unspecified atom stereocenters. The minimum atomic E-state index is -0.670. The maximum atomic E-state index is 13.5. The van der Waals surface area contributed by atoms with Crippen molar-refractivity contribution in [2.45, 2.75) is 31.6 Å². The van der Waals surface area contributed by atoms with Crippen molar-refractivity contribution < 1.29 is 19.1 Å². The fourth-order valence-electron chi connectivity index (χ4n) is 4.72. The van der Waals surface area contributed by atoms with Gasteiger partial charge >= 0.3 is 5.97 Å². The molecule has 4 rings (SSSR count). The molecule has 2 aromatic carbocycles. The average molecular weight is 438 g/mol. The summed E-state index contributed by atoms with van der Waals surface area (Å²) in [6.45, 7) is 1.82. The van der Waals surface area contributed by atoms with E-state index in [1.165, 1.54) is 7.11 Å². The molecule has 0 saturated heterocycles. The van der Waals surface area contributed by atoms with Gasteiger partial charge in [-0.2, -0.15) is 0 Å². The summed E-state index contributed by atoms with van der Waals surface area (Å²) < 4.78 is 10.7.